The first-order valence-electron chi connectivity index (χ1n) is 20.8. The van der Waals surface area contributed by atoms with Crippen molar-refractivity contribution in [2.75, 3.05) is 14.2 Å². The molecule has 16 nitrogen and oxygen atoms in total. The minimum absolute atomic E-state index is 0.0106. The monoisotopic (exact) mass is 850 g/mol. The second kappa shape index (κ2) is 20.5. The van der Waals surface area contributed by atoms with Crippen LogP contribution in [0.1, 0.15) is 113 Å². The Morgan fingerprint density at radius 1 is 0.883 bits per heavy atom. The van der Waals surface area contributed by atoms with Crippen LogP contribution in [0.2, 0.25) is 0 Å². The minimum Gasteiger partial charge on any atom is -0.466 e. The molecule has 4 rings (SSSR count). The van der Waals surface area contributed by atoms with Crippen LogP contribution < -0.4 is 0 Å². The summed E-state index contributed by atoms with van der Waals surface area (Å²) in [4.78, 5) is 64.2. The highest BCUT2D eigenvalue weighted by molar-refractivity contribution is 5.83. The van der Waals surface area contributed by atoms with Crippen molar-refractivity contribution in [3.8, 4) is 0 Å². The lowest BCUT2D eigenvalue weighted by Gasteiger charge is -2.53. The van der Waals surface area contributed by atoms with Crippen molar-refractivity contribution in [3.05, 3.63) is 35.5 Å². The molecule has 16 heteroatoms. The zero-order valence-electron chi connectivity index (χ0n) is 36.7. The van der Waals surface area contributed by atoms with Crippen LogP contribution in [-0.2, 0) is 61.9 Å². The van der Waals surface area contributed by atoms with E-state index in [2.05, 4.69) is 0 Å². The van der Waals surface area contributed by atoms with Gasteiger partial charge in [-0.3, -0.25) is 14.4 Å². The van der Waals surface area contributed by atoms with Gasteiger partial charge in [-0.15, -0.1) is 0 Å². The number of cyclic esters (lactones) is 1. The van der Waals surface area contributed by atoms with Gasteiger partial charge in [0.2, 0.25) is 0 Å². The van der Waals surface area contributed by atoms with Crippen LogP contribution in [0.3, 0.4) is 0 Å². The number of carbonyl (C=O) groups excluding carboxylic acids is 5. The summed E-state index contributed by atoms with van der Waals surface area (Å²) in [6.45, 7) is 13.6. The summed E-state index contributed by atoms with van der Waals surface area (Å²) >= 11 is 0. The van der Waals surface area contributed by atoms with Gasteiger partial charge < -0.3 is 53.2 Å². The zero-order chi connectivity index (χ0) is 44.7. The van der Waals surface area contributed by atoms with Crippen LogP contribution in [0.15, 0.2) is 35.5 Å². The molecule has 60 heavy (non-hydrogen) atoms. The molecular formula is C44H66O16. The maximum atomic E-state index is 13.4. The summed E-state index contributed by atoms with van der Waals surface area (Å²) in [5, 5.41) is 34.7. The summed E-state index contributed by atoms with van der Waals surface area (Å²) in [5.41, 5.74) is -1.11. The van der Waals surface area contributed by atoms with E-state index in [0.717, 1.165) is 0 Å². The molecule has 0 aromatic carbocycles. The van der Waals surface area contributed by atoms with E-state index < -0.39 is 114 Å². The van der Waals surface area contributed by atoms with Crippen LogP contribution in [-0.4, -0.2) is 126 Å². The van der Waals surface area contributed by atoms with Gasteiger partial charge in [0.05, 0.1) is 62.7 Å². The second-order valence-corrected chi connectivity index (χ2v) is 18.2. The number of rotatable bonds is 7. The zero-order valence-corrected chi connectivity index (χ0v) is 36.7. The molecule has 0 aromatic rings. The molecule has 0 radical (unpaired) electrons. The summed E-state index contributed by atoms with van der Waals surface area (Å²) in [5.74, 6) is -5.15. The number of hydrogen-bond donors (Lipinski definition) is 3. The van der Waals surface area contributed by atoms with Gasteiger partial charge in [0, 0.05) is 56.6 Å². The molecule has 11 atom stereocenters. The van der Waals surface area contributed by atoms with Gasteiger partial charge in [-0.1, -0.05) is 59.3 Å². The molecule has 3 saturated heterocycles. The van der Waals surface area contributed by atoms with E-state index in [-0.39, 0.29) is 57.3 Å². The number of fused-ring (bicyclic) bond motifs is 6. The Bertz CT molecular complexity index is 1640. The Balaban J connectivity index is 1.84. The molecule has 0 spiro atoms. The summed E-state index contributed by atoms with van der Waals surface area (Å²) in [6, 6.07) is 0. The minimum atomic E-state index is -2.01. The van der Waals surface area contributed by atoms with Crippen molar-refractivity contribution < 1.29 is 77.2 Å². The SMILES string of the molecule is COC(=O)C=C1CC2C=CC(C)(C)C3OC(CC(=CC(=O)OC)C3OC(C)=O)CC(C(C)O)OC(=O)CC(O)CC3CC(OC(=O)CC(C)C)C(C)(C)C(O)(CC(C1)O2)O3. The van der Waals surface area contributed by atoms with Crippen LogP contribution in [0.25, 0.3) is 0 Å². The number of aliphatic hydroxyl groups excluding tert-OH is 2. The number of carbonyl (C=O) groups is 5. The van der Waals surface area contributed by atoms with Gasteiger partial charge in [-0.05, 0) is 37.7 Å². The van der Waals surface area contributed by atoms with Gasteiger partial charge in [0.15, 0.2) is 11.9 Å². The number of aliphatic hydroxyl groups is 3. The standard InChI is InChI=1S/C44H66O16/c1-24(2)13-38(50)59-35-22-32-19-29(47)20-39(51)58-34(25(3)45)21-31-17-28(18-37(49)54-10)40(55-26(4)46)41(57-31)42(5,6)12-11-30-14-27(16-36(48)53-9)15-33(56-30)23-44(52,60-32)43(35,7)8/h11-12,16,18,24-25,29-35,40-41,45,47,52H,13-15,17,19-23H2,1-10H3. The summed E-state index contributed by atoms with van der Waals surface area (Å²) in [7, 11) is 2.49. The van der Waals surface area contributed by atoms with Crippen molar-refractivity contribution >= 4 is 29.8 Å². The van der Waals surface area contributed by atoms with Gasteiger partial charge in [0.1, 0.15) is 18.3 Å². The Morgan fingerprint density at radius 3 is 2.17 bits per heavy atom. The first-order valence-corrected chi connectivity index (χ1v) is 20.8. The lowest BCUT2D eigenvalue weighted by molar-refractivity contribution is -0.349. The molecule has 11 unspecified atom stereocenters. The van der Waals surface area contributed by atoms with E-state index in [9.17, 15) is 39.3 Å². The van der Waals surface area contributed by atoms with Crippen LogP contribution in [0.5, 0.6) is 0 Å². The smallest absolute Gasteiger partial charge is 0.330 e. The van der Waals surface area contributed by atoms with E-state index in [0.29, 0.717) is 11.1 Å². The molecule has 3 N–H and O–H groups in total. The molecule has 4 aliphatic heterocycles. The predicted octanol–water partition coefficient (Wildman–Crippen LogP) is 4.09. The average molecular weight is 851 g/mol. The van der Waals surface area contributed by atoms with Crippen LogP contribution in [0, 0.1) is 16.7 Å². The maximum Gasteiger partial charge on any atom is 0.330 e. The van der Waals surface area contributed by atoms with Gasteiger partial charge in [0.25, 0.3) is 0 Å². The molecule has 0 aliphatic carbocycles. The fourth-order valence-electron chi connectivity index (χ4n) is 8.44. The molecule has 4 aliphatic rings. The van der Waals surface area contributed by atoms with E-state index in [4.69, 9.17) is 37.9 Å². The van der Waals surface area contributed by atoms with E-state index in [1.165, 1.54) is 40.2 Å². The molecule has 0 saturated carbocycles. The fourth-order valence-corrected chi connectivity index (χ4v) is 8.44. The highest BCUT2D eigenvalue weighted by Crippen LogP contribution is 2.49. The number of ether oxygens (including phenoxy) is 8. The second-order valence-electron chi connectivity index (χ2n) is 18.2. The summed E-state index contributed by atoms with van der Waals surface area (Å²) in [6.07, 6.45) is -3.26. The Kier molecular flexibility index (Phi) is 16.7. The fraction of sp³-hybridized carbons (Fsp3) is 0.750. The third-order valence-corrected chi connectivity index (χ3v) is 11.8. The number of hydrogen-bond acceptors (Lipinski definition) is 16. The first kappa shape index (κ1) is 49.0. The third kappa shape index (κ3) is 12.9. The maximum absolute atomic E-state index is 13.4. The van der Waals surface area contributed by atoms with Crippen molar-refractivity contribution in [1.29, 1.82) is 0 Å². The highest BCUT2D eigenvalue weighted by atomic mass is 16.6. The predicted molar refractivity (Wildman–Crippen MR) is 213 cm³/mol. The van der Waals surface area contributed by atoms with Crippen molar-refractivity contribution in [3.63, 3.8) is 0 Å². The third-order valence-electron chi connectivity index (χ3n) is 11.8. The lowest BCUT2D eigenvalue weighted by atomic mass is 9.70. The first-order chi connectivity index (χ1) is 27.9. The molecule has 3 fully saturated rings. The molecule has 4 heterocycles. The van der Waals surface area contributed by atoms with Crippen molar-refractivity contribution in [2.45, 2.75) is 180 Å². The molecule has 0 aromatic heterocycles. The van der Waals surface area contributed by atoms with Crippen LogP contribution >= 0.6 is 0 Å². The van der Waals surface area contributed by atoms with E-state index >= 15 is 0 Å². The Hall–Kier alpha value is -3.67. The highest BCUT2D eigenvalue weighted by Gasteiger charge is 2.58. The van der Waals surface area contributed by atoms with E-state index in [1.807, 2.05) is 33.8 Å². The molecule has 6 bridgehead atoms. The van der Waals surface area contributed by atoms with Crippen molar-refractivity contribution in [1.82, 2.24) is 0 Å². The topological polar surface area (TPSA) is 220 Å². The van der Waals surface area contributed by atoms with E-state index in [1.54, 1.807) is 19.9 Å². The normalized spacial score (nSPS) is 35.4. The van der Waals surface area contributed by atoms with Gasteiger partial charge in [-0.25, -0.2) is 9.59 Å². The Labute approximate surface area is 352 Å². The molecule has 338 valence electrons. The summed E-state index contributed by atoms with van der Waals surface area (Å²) < 4.78 is 47.2. The quantitative estimate of drug-likeness (QED) is 0.142. The largest absolute Gasteiger partial charge is 0.466 e. The Morgan fingerprint density at radius 2 is 1.55 bits per heavy atom. The lowest BCUT2D eigenvalue weighted by Crippen LogP contribution is -2.62. The number of esters is 5. The van der Waals surface area contributed by atoms with Gasteiger partial charge in [-0.2, -0.15) is 0 Å². The van der Waals surface area contributed by atoms with Gasteiger partial charge >= 0.3 is 29.8 Å². The average Bonchev–Trinajstić information content (AvgIpc) is 3.12. The number of methoxy groups -OCH3 is 2. The molecular weight excluding hydrogens is 784 g/mol. The van der Waals surface area contributed by atoms with Crippen molar-refractivity contribution in [2.24, 2.45) is 16.7 Å². The molecule has 0 amide bonds. The van der Waals surface area contributed by atoms with Crippen LogP contribution in [0.4, 0.5) is 0 Å².